The van der Waals surface area contributed by atoms with Gasteiger partial charge in [0.25, 0.3) is 11.7 Å². The smallest absolute Gasteiger partial charge is 0.295 e. The number of amides is 1. The zero-order chi connectivity index (χ0) is 27.4. The van der Waals surface area contributed by atoms with Crippen LogP contribution >= 0.6 is 15.9 Å². The van der Waals surface area contributed by atoms with Crippen molar-refractivity contribution in [2.45, 2.75) is 32.5 Å². The van der Waals surface area contributed by atoms with E-state index in [-0.39, 0.29) is 11.3 Å². The van der Waals surface area contributed by atoms with Gasteiger partial charge in [0.2, 0.25) is 0 Å². The van der Waals surface area contributed by atoms with E-state index in [1.165, 1.54) is 0 Å². The molecule has 2 heterocycles. The highest BCUT2D eigenvalue weighted by molar-refractivity contribution is 9.10. The summed E-state index contributed by atoms with van der Waals surface area (Å²) < 4.78 is 8.70. The number of nitrogens with zero attached hydrogens (tertiary/aromatic N) is 3. The fraction of sp³-hybridized carbons (Fsp3) is 0.194. The molecule has 1 saturated heterocycles. The summed E-state index contributed by atoms with van der Waals surface area (Å²) in [6.45, 7) is 3.46. The highest BCUT2D eigenvalue weighted by atomic mass is 79.9. The van der Waals surface area contributed by atoms with E-state index in [4.69, 9.17) is 4.74 Å². The molecule has 198 valence electrons. The molecule has 1 aliphatic heterocycles. The number of aliphatic hydroxyl groups excluding tert-OH is 1. The fourth-order valence-electron chi connectivity index (χ4n) is 4.78. The molecular formula is C31H28BrN3O4. The van der Waals surface area contributed by atoms with Crippen LogP contribution in [-0.2, 0) is 22.7 Å². The van der Waals surface area contributed by atoms with E-state index in [9.17, 15) is 14.7 Å². The number of halogens is 1. The largest absolute Gasteiger partial charge is 0.507 e. The number of likely N-dealkylation sites (tertiary alicyclic amines) is 1. The van der Waals surface area contributed by atoms with Crippen LogP contribution in [0.3, 0.4) is 0 Å². The summed E-state index contributed by atoms with van der Waals surface area (Å²) in [6.07, 6.45) is 5.90. The second-order valence-electron chi connectivity index (χ2n) is 9.50. The molecule has 0 unspecified atom stereocenters. The van der Waals surface area contributed by atoms with Crippen LogP contribution < -0.4 is 4.74 Å². The second-order valence-corrected chi connectivity index (χ2v) is 10.4. The topological polar surface area (TPSA) is 84.7 Å². The lowest BCUT2D eigenvalue weighted by atomic mass is 9.95. The number of carbonyl (C=O) groups excluding carboxylic acids is 2. The molecule has 0 aliphatic carbocycles. The van der Waals surface area contributed by atoms with Gasteiger partial charge in [0.15, 0.2) is 0 Å². The predicted molar refractivity (Wildman–Crippen MR) is 152 cm³/mol. The number of imidazole rings is 1. The Morgan fingerprint density at radius 2 is 1.79 bits per heavy atom. The van der Waals surface area contributed by atoms with Crippen molar-refractivity contribution in [1.29, 1.82) is 0 Å². The molecule has 1 aromatic heterocycles. The Morgan fingerprint density at radius 3 is 2.49 bits per heavy atom. The SMILES string of the molecule is Cc1cccc(COc2ccc(C(O)=C3C(=O)C(=O)N(CCCn4ccnc4)[C@@H]3c3ccc(Br)cc3)cc2)c1. The fourth-order valence-corrected chi connectivity index (χ4v) is 5.04. The molecular weight excluding hydrogens is 558 g/mol. The summed E-state index contributed by atoms with van der Waals surface area (Å²) in [5.41, 5.74) is 3.49. The summed E-state index contributed by atoms with van der Waals surface area (Å²) in [5, 5.41) is 11.3. The first-order chi connectivity index (χ1) is 18.9. The van der Waals surface area contributed by atoms with Crippen LogP contribution in [0.1, 0.15) is 34.7 Å². The summed E-state index contributed by atoms with van der Waals surface area (Å²) in [5.74, 6) is -0.878. The van der Waals surface area contributed by atoms with Crippen molar-refractivity contribution in [1.82, 2.24) is 14.5 Å². The Bertz CT molecular complexity index is 1500. The maximum absolute atomic E-state index is 13.3. The van der Waals surface area contributed by atoms with Crippen LogP contribution in [0.5, 0.6) is 5.75 Å². The number of Topliss-reactive ketones (excluding diaryl/α,β-unsaturated/α-hetero) is 1. The minimum absolute atomic E-state index is 0.0818. The number of rotatable bonds is 9. The highest BCUT2D eigenvalue weighted by Gasteiger charge is 2.45. The zero-order valence-corrected chi connectivity index (χ0v) is 23.0. The average molecular weight is 586 g/mol. The Kier molecular flexibility index (Phi) is 7.93. The molecule has 8 heteroatoms. The molecule has 5 rings (SSSR count). The first-order valence-corrected chi connectivity index (χ1v) is 13.5. The Hall–Kier alpha value is -4.17. The first kappa shape index (κ1) is 26.4. The number of aryl methyl sites for hydroxylation is 2. The number of ether oxygens (including phenoxy) is 1. The van der Waals surface area contributed by atoms with Gasteiger partial charge in [-0.25, -0.2) is 4.98 Å². The quantitative estimate of drug-likeness (QED) is 0.147. The standard InChI is InChI=1S/C31H28BrN3O4/c1-21-4-2-5-22(18-21)19-39-26-12-8-24(9-13-26)29(36)27-28(23-6-10-25(32)11-7-23)35(31(38)30(27)37)16-3-15-34-17-14-33-20-34/h2,4-14,17-18,20,28,36H,3,15-16,19H2,1H3/t28-/m1/s1. The van der Waals surface area contributed by atoms with Gasteiger partial charge in [-0.2, -0.15) is 0 Å². The van der Waals surface area contributed by atoms with Crippen molar-refractivity contribution in [2.75, 3.05) is 6.54 Å². The van der Waals surface area contributed by atoms with Crippen LogP contribution in [0.15, 0.2) is 102 Å². The molecule has 1 atom stereocenters. The number of hydrogen-bond donors (Lipinski definition) is 1. The van der Waals surface area contributed by atoms with Gasteiger partial charge in [0, 0.05) is 35.5 Å². The number of benzene rings is 3. The molecule has 7 nitrogen and oxygen atoms in total. The third kappa shape index (κ3) is 5.96. The molecule has 0 saturated carbocycles. The lowest BCUT2D eigenvalue weighted by molar-refractivity contribution is -0.139. The van der Waals surface area contributed by atoms with E-state index in [0.29, 0.717) is 37.4 Å². The van der Waals surface area contributed by atoms with Crippen molar-refractivity contribution in [3.05, 3.63) is 124 Å². The molecule has 1 aliphatic rings. The van der Waals surface area contributed by atoms with Crippen molar-refractivity contribution in [3.63, 3.8) is 0 Å². The van der Waals surface area contributed by atoms with E-state index < -0.39 is 17.7 Å². The minimum atomic E-state index is -0.696. The minimum Gasteiger partial charge on any atom is -0.507 e. The Labute approximate surface area is 235 Å². The molecule has 1 amide bonds. The van der Waals surface area contributed by atoms with Gasteiger partial charge in [-0.15, -0.1) is 0 Å². The van der Waals surface area contributed by atoms with Gasteiger partial charge in [0.05, 0.1) is 17.9 Å². The van der Waals surface area contributed by atoms with Gasteiger partial charge < -0.3 is 19.3 Å². The summed E-state index contributed by atoms with van der Waals surface area (Å²) in [7, 11) is 0. The summed E-state index contributed by atoms with van der Waals surface area (Å²) in [4.78, 5) is 32.0. The number of aliphatic hydroxyl groups is 1. The van der Waals surface area contributed by atoms with Crippen LogP contribution in [-0.4, -0.2) is 37.8 Å². The van der Waals surface area contributed by atoms with Gasteiger partial charge in [0.1, 0.15) is 18.1 Å². The normalized spacial score (nSPS) is 16.6. The monoisotopic (exact) mass is 585 g/mol. The molecule has 0 radical (unpaired) electrons. The maximum Gasteiger partial charge on any atom is 0.295 e. The summed E-state index contributed by atoms with van der Waals surface area (Å²) in [6, 6.07) is 21.7. The van der Waals surface area contributed by atoms with Crippen LogP contribution in [0, 0.1) is 6.92 Å². The number of hydrogen-bond acceptors (Lipinski definition) is 5. The van der Waals surface area contributed by atoms with E-state index in [1.54, 1.807) is 41.7 Å². The Morgan fingerprint density at radius 1 is 1.03 bits per heavy atom. The van der Waals surface area contributed by atoms with E-state index in [1.807, 2.05) is 60.2 Å². The molecule has 3 aromatic carbocycles. The third-order valence-corrected chi connectivity index (χ3v) is 7.24. The van der Waals surface area contributed by atoms with Crippen LogP contribution in [0.2, 0.25) is 0 Å². The predicted octanol–water partition coefficient (Wildman–Crippen LogP) is 6.05. The first-order valence-electron chi connectivity index (χ1n) is 12.7. The van der Waals surface area contributed by atoms with E-state index in [2.05, 4.69) is 27.0 Å². The average Bonchev–Trinajstić information content (AvgIpc) is 3.55. The third-order valence-electron chi connectivity index (χ3n) is 6.72. The lowest BCUT2D eigenvalue weighted by Crippen LogP contribution is -2.31. The van der Waals surface area contributed by atoms with Crippen molar-refractivity contribution in [2.24, 2.45) is 0 Å². The van der Waals surface area contributed by atoms with Crippen molar-refractivity contribution in [3.8, 4) is 5.75 Å². The number of aromatic nitrogens is 2. The van der Waals surface area contributed by atoms with Gasteiger partial charge in [-0.3, -0.25) is 9.59 Å². The number of ketones is 1. The van der Waals surface area contributed by atoms with Gasteiger partial charge in [-0.05, 0) is 60.9 Å². The van der Waals surface area contributed by atoms with E-state index in [0.717, 1.165) is 21.2 Å². The molecule has 4 aromatic rings. The molecule has 39 heavy (non-hydrogen) atoms. The molecule has 1 N–H and O–H groups in total. The summed E-state index contributed by atoms with van der Waals surface area (Å²) >= 11 is 3.45. The second kappa shape index (κ2) is 11.7. The molecule has 0 bridgehead atoms. The zero-order valence-electron chi connectivity index (χ0n) is 21.5. The van der Waals surface area contributed by atoms with Crippen molar-refractivity contribution >= 4 is 33.4 Å². The van der Waals surface area contributed by atoms with Crippen LogP contribution in [0.4, 0.5) is 0 Å². The van der Waals surface area contributed by atoms with E-state index >= 15 is 0 Å². The van der Waals surface area contributed by atoms with Crippen molar-refractivity contribution < 1.29 is 19.4 Å². The number of carbonyl (C=O) groups is 2. The van der Waals surface area contributed by atoms with Crippen LogP contribution in [0.25, 0.3) is 5.76 Å². The molecule has 1 fully saturated rings. The highest BCUT2D eigenvalue weighted by Crippen LogP contribution is 2.40. The molecule has 0 spiro atoms. The maximum atomic E-state index is 13.3. The van der Waals surface area contributed by atoms with Gasteiger partial charge in [-0.1, -0.05) is 57.9 Å². The Balaban J connectivity index is 1.41. The lowest BCUT2D eigenvalue weighted by Gasteiger charge is -2.25. The van der Waals surface area contributed by atoms with Gasteiger partial charge >= 0.3 is 0 Å².